The number of hydrogen-bond donors (Lipinski definition) is 0. The second-order valence-corrected chi connectivity index (χ2v) is 5.48. The van der Waals surface area contributed by atoms with Crippen molar-refractivity contribution in [1.29, 1.82) is 0 Å². The minimum atomic E-state index is 0.478. The molecule has 1 aromatic heterocycles. The average Bonchev–Trinajstić information content (AvgIpc) is 2.40. The number of rotatable bonds is 4. The van der Waals surface area contributed by atoms with Gasteiger partial charge in [0.05, 0.1) is 0 Å². The highest BCUT2D eigenvalue weighted by Crippen LogP contribution is 2.21. The molecule has 0 saturated carbocycles. The van der Waals surface area contributed by atoms with Crippen molar-refractivity contribution < 1.29 is 0 Å². The topological polar surface area (TPSA) is 29.0 Å². The van der Waals surface area contributed by atoms with Gasteiger partial charge in [0.25, 0.3) is 0 Å². The number of nitrogens with zero attached hydrogens (tertiary/aromatic N) is 3. The summed E-state index contributed by atoms with van der Waals surface area (Å²) in [5.74, 6) is 0.840. The molecule has 19 heavy (non-hydrogen) atoms. The Bertz CT molecular complexity index is 574. The molecule has 3 nitrogen and oxygen atoms in total. The van der Waals surface area contributed by atoms with E-state index in [1.54, 1.807) is 6.07 Å². The quantitative estimate of drug-likeness (QED) is 0.487. The molecule has 0 bridgehead atoms. The summed E-state index contributed by atoms with van der Waals surface area (Å²) in [6.45, 7) is 2.91. The molecule has 1 heterocycles. The van der Waals surface area contributed by atoms with E-state index < -0.39 is 0 Å². The highest BCUT2D eigenvalue weighted by Gasteiger charge is 2.08. The molecule has 5 heteroatoms. The van der Waals surface area contributed by atoms with Crippen LogP contribution in [0.15, 0.2) is 35.5 Å². The molecule has 0 aliphatic carbocycles. The monoisotopic (exact) mass is 293 g/mol. The predicted molar refractivity (Wildman–Crippen MR) is 82.1 cm³/mol. The second kappa shape index (κ2) is 6.26. The van der Waals surface area contributed by atoms with Gasteiger partial charge in [0.15, 0.2) is 5.16 Å². The van der Waals surface area contributed by atoms with Crippen LogP contribution in [0.2, 0.25) is 5.15 Å². The summed E-state index contributed by atoms with van der Waals surface area (Å²) in [4.78, 5) is 10.7. The van der Waals surface area contributed by atoms with Gasteiger partial charge in [-0.25, -0.2) is 9.97 Å². The number of anilines is 1. The summed E-state index contributed by atoms with van der Waals surface area (Å²) >= 11 is 7.51. The Morgan fingerprint density at radius 1 is 1.26 bits per heavy atom. The van der Waals surface area contributed by atoms with Gasteiger partial charge in [0.1, 0.15) is 11.0 Å². The van der Waals surface area contributed by atoms with Crippen molar-refractivity contribution in [3.8, 4) is 0 Å². The normalized spacial score (nSPS) is 10.5. The Hall–Kier alpha value is -1.26. The molecular weight excluding hydrogens is 278 g/mol. The standard InChI is InChI=1S/C14H16ClN3S/c1-10-6-4-5-7-11(10)9-18(2)13-8-12(15)16-14(17-13)19-3/h4-8H,9H2,1-3H3. The van der Waals surface area contributed by atoms with Crippen LogP contribution in [0.3, 0.4) is 0 Å². The molecule has 1 aromatic carbocycles. The molecule has 0 spiro atoms. The first-order valence-electron chi connectivity index (χ1n) is 5.94. The third-order valence-electron chi connectivity index (χ3n) is 2.90. The van der Waals surface area contributed by atoms with Crippen LogP contribution in [0.4, 0.5) is 5.82 Å². The lowest BCUT2D eigenvalue weighted by Crippen LogP contribution is -2.18. The Balaban J connectivity index is 2.22. The predicted octanol–water partition coefficient (Wildman–Crippen LogP) is 3.80. The fraction of sp³-hybridized carbons (Fsp3) is 0.286. The van der Waals surface area contributed by atoms with Crippen molar-refractivity contribution in [3.63, 3.8) is 0 Å². The van der Waals surface area contributed by atoms with Gasteiger partial charge in [-0.1, -0.05) is 47.6 Å². The van der Waals surface area contributed by atoms with Gasteiger partial charge >= 0.3 is 0 Å². The summed E-state index contributed by atoms with van der Waals surface area (Å²) in [5, 5.41) is 1.17. The zero-order valence-corrected chi connectivity index (χ0v) is 12.8. The first-order valence-corrected chi connectivity index (χ1v) is 7.54. The molecule has 0 aliphatic heterocycles. The Labute approximate surface area is 123 Å². The van der Waals surface area contributed by atoms with Crippen LogP contribution in [0.25, 0.3) is 0 Å². The number of aryl methyl sites for hydroxylation is 1. The van der Waals surface area contributed by atoms with E-state index in [1.807, 2.05) is 19.4 Å². The minimum Gasteiger partial charge on any atom is -0.355 e. The lowest BCUT2D eigenvalue weighted by Gasteiger charge is -2.19. The van der Waals surface area contributed by atoms with Gasteiger partial charge in [-0.2, -0.15) is 0 Å². The summed E-state index contributed by atoms with van der Waals surface area (Å²) in [7, 11) is 2.01. The molecule has 100 valence electrons. The molecule has 0 amide bonds. The maximum absolute atomic E-state index is 6.02. The van der Waals surface area contributed by atoms with E-state index in [2.05, 4.69) is 40.0 Å². The van der Waals surface area contributed by atoms with E-state index in [9.17, 15) is 0 Å². The van der Waals surface area contributed by atoms with Crippen molar-refractivity contribution >= 4 is 29.2 Å². The lowest BCUT2D eigenvalue weighted by atomic mass is 10.1. The Morgan fingerprint density at radius 2 is 2.00 bits per heavy atom. The molecule has 0 N–H and O–H groups in total. The largest absolute Gasteiger partial charge is 0.355 e. The highest BCUT2D eigenvalue weighted by atomic mass is 35.5. The summed E-state index contributed by atoms with van der Waals surface area (Å²) in [5.41, 5.74) is 2.56. The number of aromatic nitrogens is 2. The van der Waals surface area contributed by atoms with E-state index in [-0.39, 0.29) is 0 Å². The van der Waals surface area contributed by atoms with Crippen LogP contribution < -0.4 is 4.90 Å². The smallest absolute Gasteiger partial charge is 0.190 e. The number of benzene rings is 1. The lowest BCUT2D eigenvalue weighted by molar-refractivity contribution is 0.853. The first kappa shape index (κ1) is 14.2. The fourth-order valence-electron chi connectivity index (χ4n) is 1.80. The maximum atomic E-state index is 6.02. The van der Waals surface area contributed by atoms with Crippen molar-refractivity contribution in [2.75, 3.05) is 18.2 Å². The summed E-state index contributed by atoms with van der Waals surface area (Å²) in [6.07, 6.45) is 1.94. The highest BCUT2D eigenvalue weighted by molar-refractivity contribution is 7.98. The van der Waals surface area contributed by atoms with Gasteiger partial charge in [0.2, 0.25) is 0 Å². The molecule has 0 fully saturated rings. The molecule has 2 rings (SSSR count). The molecule has 0 saturated heterocycles. The van der Waals surface area contributed by atoms with Crippen LogP contribution in [0.1, 0.15) is 11.1 Å². The van der Waals surface area contributed by atoms with Gasteiger partial charge in [-0.15, -0.1) is 0 Å². The summed E-state index contributed by atoms with van der Waals surface area (Å²) in [6, 6.07) is 10.1. The molecule has 2 aromatic rings. The SMILES string of the molecule is CSc1nc(Cl)cc(N(C)Cc2ccccc2C)n1. The van der Waals surface area contributed by atoms with Crippen LogP contribution in [-0.2, 0) is 6.54 Å². The van der Waals surface area contributed by atoms with Crippen molar-refractivity contribution in [1.82, 2.24) is 9.97 Å². The Morgan fingerprint density at radius 3 is 2.68 bits per heavy atom. The molecular formula is C14H16ClN3S. The zero-order valence-electron chi connectivity index (χ0n) is 11.2. The molecule has 0 unspecified atom stereocenters. The first-order chi connectivity index (χ1) is 9.10. The third kappa shape index (κ3) is 3.61. The van der Waals surface area contributed by atoms with Crippen molar-refractivity contribution in [2.45, 2.75) is 18.6 Å². The molecule has 0 radical (unpaired) electrons. The van der Waals surface area contributed by atoms with E-state index >= 15 is 0 Å². The van der Waals surface area contributed by atoms with Crippen molar-refractivity contribution in [2.24, 2.45) is 0 Å². The van der Waals surface area contributed by atoms with Gasteiger partial charge in [-0.3, -0.25) is 0 Å². The number of hydrogen-bond acceptors (Lipinski definition) is 4. The van der Waals surface area contributed by atoms with E-state index in [4.69, 9.17) is 11.6 Å². The Kier molecular flexibility index (Phi) is 4.66. The third-order valence-corrected chi connectivity index (χ3v) is 3.64. The van der Waals surface area contributed by atoms with E-state index in [0.29, 0.717) is 10.3 Å². The minimum absolute atomic E-state index is 0.478. The van der Waals surface area contributed by atoms with Crippen molar-refractivity contribution in [3.05, 3.63) is 46.6 Å². The molecule has 0 atom stereocenters. The van der Waals surface area contributed by atoms with Gasteiger partial charge in [-0.05, 0) is 24.3 Å². The number of thioether (sulfide) groups is 1. The van der Waals surface area contributed by atoms with Gasteiger partial charge < -0.3 is 4.90 Å². The van der Waals surface area contributed by atoms with Crippen LogP contribution >= 0.6 is 23.4 Å². The van der Waals surface area contributed by atoms with E-state index in [1.165, 1.54) is 22.9 Å². The number of halogens is 1. The van der Waals surface area contributed by atoms with Gasteiger partial charge in [0, 0.05) is 19.7 Å². The maximum Gasteiger partial charge on any atom is 0.190 e. The average molecular weight is 294 g/mol. The summed E-state index contributed by atoms with van der Waals surface area (Å²) < 4.78 is 0. The van der Waals surface area contributed by atoms with Crippen LogP contribution in [0, 0.1) is 6.92 Å². The second-order valence-electron chi connectivity index (χ2n) is 4.32. The van der Waals surface area contributed by atoms with Crippen LogP contribution in [-0.4, -0.2) is 23.3 Å². The van der Waals surface area contributed by atoms with Crippen LogP contribution in [0.5, 0.6) is 0 Å². The fourth-order valence-corrected chi connectivity index (χ4v) is 2.40. The van der Waals surface area contributed by atoms with E-state index in [0.717, 1.165) is 12.4 Å². The molecule has 0 aliphatic rings. The zero-order chi connectivity index (χ0) is 13.8.